The molecule has 0 bridgehead atoms. The van der Waals surface area contributed by atoms with Crippen LogP contribution in [0.1, 0.15) is 26.7 Å². The lowest BCUT2D eigenvalue weighted by molar-refractivity contribution is -0.114. The van der Waals surface area contributed by atoms with Crippen molar-refractivity contribution in [2.45, 2.75) is 26.7 Å². The fourth-order valence-electron chi connectivity index (χ4n) is 2.39. The second kappa shape index (κ2) is 4.80. The van der Waals surface area contributed by atoms with Gasteiger partial charge >= 0.3 is 0 Å². The first-order valence-corrected chi connectivity index (χ1v) is 7.04. The number of fused-ring (bicyclic) bond motifs is 1. The average molecular weight is 265 g/mol. The third-order valence-electron chi connectivity index (χ3n) is 3.23. The van der Waals surface area contributed by atoms with Crippen molar-refractivity contribution in [2.75, 3.05) is 5.75 Å². The van der Waals surface area contributed by atoms with E-state index in [4.69, 9.17) is 11.5 Å². The summed E-state index contributed by atoms with van der Waals surface area (Å²) in [6, 6.07) is 0. The van der Waals surface area contributed by atoms with Gasteiger partial charge in [0.1, 0.15) is 0 Å². The van der Waals surface area contributed by atoms with Crippen LogP contribution >= 0.6 is 11.8 Å². The number of carbonyl (C=O) groups is 1. The summed E-state index contributed by atoms with van der Waals surface area (Å²) >= 11 is 1.85. The molecule has 0 saturated carbocycles. The topological polar surface area (TPSA) is 81.5 Å². The Morgan fingerprint density at radius 2 is 2.22 bits per heavy atom. The predicted molar refractivity (Wildman–Crippen MR) is 75.9 cm³/mol. The molecule has 5 heteroatoms. The first kappa shape index (κ1) is 13.2. The summed E-state index contributed by atoms with van der Waals surface area (Å²) in [5, 5.41) is 0. The Labute approximate surface area is 112 Å². The van der Waals surface area contributed by atoms with Crippen molar-refractivity contribution in [2.24, 2.45) is 27.8 Å². The molecular weight excluding hydrogens is 246 g/mol. The fraction of sp³-hybridized carbons (Fsp3) is 0.538. The van der Waals surface area contributed by atoms with Gasteiger partial charge in [0.25, 0.3) is 5.91 Å². The van der Waals surface area contributed by atoms with Crippen molar-refractivity contribution >= 4 is 23.6 Å². The number of hydrogen-bond acceptors (Lipinski definition) is 2. The van der Waals surface area contributed by atoms with Gasteiger partial charge < -0.3 is 11.5 Å². The van der Waals surface area contributed by atoms with Gasteiger partial charge in [-0.3, -0.25) is 4.79 Å². The molecule has 4 N–H and O–H groups in total. The molecule has 1 saturated heterocycles. The zero-order valence-corrected chi connectivity index (χ0v) is 11.6. The first-order chi connectivity index (χ1) is 8.37. The van der Waals surface area contributed by atoms with Crippen LogP contribution in [0.3, 0.4) is 0 Å². The molecule has 1 aliphatic carbocycles. The Hall–Kier alpha value is -1.23. The molecule has 4 nitrogen and oxygen atoms in total. The van der Waals surface area contributed by atoms with Crippen LogP contribution in [0.15, 0.2) is 27.6 Å². The summed E-state index contributed by atoms with van der Waals surface area (Å²) in [5.74, 6) is 1.12. The molecule has 0 radical (unpaired) electrons. The summed E-state index contributed by atoms with van der Waals surface area (Å²) in [7, 11) is 0. The zero-order chi connectivity index (χ0) is 13.3. The van der Waals surface area contributed by atoms with Crippen LogP contribution in [-0.4, -0.2) is 17.6 Å². The monoisotopic (exact) mass is 265 g/mol. The second-order valence-corrected chi connectivity index (χ2v) is 6.69. The molecule has 0 spiro atoms. The lowest BCUT2D eigenvalue weighted by Crippen LogP contribution is -2.27. The van der Waals surface area contributed by atoms with E-state index in [0.29, 0.717) is 16.9 Å². The van der Waals surface area contributed by atoms with E-state index in [2.05, 4.69) is 18.8 Å². The van der Waals surface area contributed by atoms with Crippen LogP contribution in [0, 0.1) is 11.3 Å². The van der Waals surface area contributed by atoms with Crippen LogP contribution in [0.2, 0.25) is 0 Å². The van der Waals surface area contributed by atoms with E-state index in [1.165, 1.54) is 11.3 Å². The maximum atomic E-state index is 11.7. The number of guanidine groups is 1. The molecule has 0 aromatic carbocycles. The van der Waals surface area contributed by atoms with Crippen LogP contribution in [-0.2, 0) is 4.79 Å². The Kier molecular flexibility index (Phi) is 3.52. The number of aliphatic imine (C=N–C) groups is 1. The fourth-order valence-corrected chi connectivity index (χ4v) is 3.70. The minimum absolute atomic E-state index is 0.182. The SMILES string of the molecule is CC1(C)CSC2=CC(C(=O)N=C(N)N)=CCC2C1. The van der Waals surface area contributed by atoms with Crippen LogP contribution < -0.4 is 11.5 Å². The van der Waals surface area contributed by atoms with Crippen molar-refractivity contribution in [3.8, 4) is 0 Å². The first-order valence-electron chi connectivity index (χ1n) is 6.06. The number of nitrogens with zero attached hydrogens (tertiary/aromatic N) is 1. The van der Waals surface area contributed by atoms with Gasteiger partial charge in [-0.2, -0.15) is 4.99 Å². The number of allylic oxidation sites excluding steroid dienone is 2. The van der Waals surface area contributed by atoms with E-state index in [0.717, 1.165) is 12.2 Å². The summed E-state index contributed by atoms with van der Waals surface area (Å²) in [6.07, 6.45) is 5.98. The molecule has 98 valence electrons. The molecule has 1 amide bonds. The van der Waals surface area contributed by atoms with Crippen molar-refractivity contribution < 1.29 is 4.79 Å². The van der Waals surface area contributed by atoms with Crippen molar-refractivity contribution in [1.82, 2.24) is 0 Å². The minimum atomic E-state index is -0.341. The predicted octanol–water partition coefficient (Wildman–Crippen LogP) is 1.78. The van der Waals surface area contributed by atoms with Crippen LogP contribution in [0.5, 0.6) is 0 Å². The Morgan fingerprint density at radius 3 is 2.89 bits per heavy atom. The Balaban J connectivity index is 2.13. The molecule has 18 heavy (non-hydrogen) atoms. The number of thioether (sulfide) groups is 1. The third kappa shape index (κ3) is 2.96. The van der Waals surface area contributed by atoms with E-state index in [1.807, 2.05) is 23.9 Å². The normalized spacial score (nSPS) is 25.6. The molecule has 1 heterocycles. The number of carbonyl (C=O) groups excluding carboxylic acids is 1. The molecule has 1 aliphatic heterocycles. The Morgan fingerprint density at radius 1 is 1.50 bits per heavy atom. The smallest absolute Gasteiger partial charge is 0.279 e. The number of rotatable bonds is 1. The molecule has 1 atom stereocenters. The van der Waals surface area contributed by atoms with Crippen molar-refractivity contribution in [3.63, 3.8) is 0 Å². The van der Waals surface area contributed by atoms with Gasteiger partial charge in [0, 0.05) is 11.3 Å². The van der Waals surface area contributed by atoms with Gasteiger partial charge in [-0.15, -0.1) is 11.8 Å². The van der Waals surface area contributed by atoms with E-state index >= 15 is 0 Å². The summed E-state index contributed by atoms with van der Waals surface area (Å²) in [4.78, 5) is 16.6. The summed E-state index contributed by atoms with van der Waals surface area (Å²) in [6.45, 7) is 4.58. The third-order valence-corrected chi connectivity index (χ3v) is 4.94. The highest BCUT2D eigenvalue weighted by Gasteiger charge is 2.33. The number of nitrogens with two attached hydrogens (primary N) is 2. The molecule has 0 aromatic heterocycles. The molecule has 0 aromatic rings. The zero-order valence-electron chi connectivity index (χ0n) is 10.8. The van der Waals surface area contributed by atoms with Crippen molar-refractivity contribution in [1.29, 1.82) is 0 Å². The lowest BCUT2D eigenvalue weighted by Gasteiger charge is -2.37. The largest absolute Gasteiger partial charge is 0.370 e. The second-order valence-electron chi connectivity index (χ2n) is 5.64. The van der Waals surface area contributed by atoms with Gasteiger partial charge in [-0.05, 0) is 35.2 Å². The van der Waals surface area contributed by atoms with Gasteiger partial charge in [-0.25, -0.2) is 0 Å². The highest BCUT2D eigenvalue weighted by molar-refractivity contribution is 8.03. The average Bonchev–Trinajstić information content (AvgIpc) is 2.26. The van der Waals surface area contributed by atoms with Gasteiger partial charge in [0.15, 0.2) is 5.96 Å². The highest BCUT2D eigenvalue weighted by atomic mass is 32.2. The van der Waals surface area contributed by atoms with E-state index in [9.17, 15) is 4.79 Å². The van der Waals surface area contributed by atoms with Crippen molar-refractivity contribution in [3.05, 3.63) is 22.6 Å². The number of hydrogen-bond donors (Lipinski definition) is 2. The van der Waals surface area contributed by atoms with Crippen LogP contribution in [0.25, 0.3) is 0 Å². The maximum Gasteiger partial charge on any atom is 0.279 e. The molecule has 2 rings (SSSR count). The molecule has 1 fully saturated rings. The quantitative estimate of drug-likeness (QED) is 0.559. The van der Waals surface area contributed by atoms with E-state index in [1.54, 1.807) is 0 Å². The molecular formula is C13H19N3OS. The molecule has 1 unspecified atom stereocenters. The summed E-state index contributed by atoms with van der Waals surface area (Å²) < 4.78 is 0. The van der Waals surface area contributed by atoms with E-state index < -0.39 is 0 Å². The summed E-state index contributed by atoms with van der Waals surface area (Å²) in [5.41, 5.74) is 11.4. The highest BCUT2D eigenvalue weighted by Crippen LogP contribution is 2.47. The minimum Gasteiger partial charge on any atom is -0.370 e. The van der Waals surface area contributed by atoms with Crippen LogP contribution in [0.4, 0.5) is 0 Å². The van der Waals surface area contributed by atoms with Gasteiger partial charge in [-0.1, -0.05) is 19.9 Å². The lowest BCUT2D eigenvalue weighted by atomic mass is 9.80. The number of amides is 1. The maximum absolute atomic E-state index is 11.7. The standard InChI is InChI=1S/C13H19N3OS/c1-13(2)6-9-4-3-8(5-10(9)18-7-13)11(17)16-12(14)15/h3,5,9H,4,6-7H2,1-2H3,(H4,14,15,16,17). The van der Waals surface area contributed by atoms with Gasteiger partial charge in [0.2, 0.25) is 0 Å². The van der Waals surface area contributed by atoms with Gasteiger partial charge in [0.05, 0.1) is 0 Å². The van der Waals surface area contributed by atoms with E-state index in [-0.39, 0.29) is 11.9 Å². The molecule has 2 aliphatic rings. The Bertz CT molecular complexity index is 459.